The SMILES string of the molecule is Brc1cccc(-c2ccnc(CC3CNCCO3)n2)c1. The summed E-state index contributed by atoms with van der Waals surface area (Å²) in [5, 5.41) is 3.32. The Morgan fingerprint density at radius 1 is 1.35 bits per heavy atom. The molecule has 1 saturated heterocycles. The number of halogens is 1. The molecule has 0 radical (unpaired) electrons. The molecule has 1 N–H and O–H groups in total. The van der Waals surface area contributed by atoms with Gasteiger partial charge >= 0.3 is 0 Å². The van der Waals surface area contributed by atoms with E-state index in [9.17, 15) is 0 Å². The zero-order valence-corrected chi connectivity index (χ0v) is 12.6. The van der Waals surface area contributed by atoms with Crippen LogP contribution in [0.4, 0.5) is 0 Å². The second kappa shape index (κ2) is 6.43. The molecule has 1 fully saturated rings. The summed E-state index contributed by atoms with van der Waals surface area (Å²) in [6, 6.07) is 10.1. The second-order valence-electron chi connectivity index (χ2n) is 4.77. The van der Waals surface area contributed by atoms with Crippen LogP contribution in [0, 0.1) is 0 Å². The Morgan fingerprint density at radius 3 is 3.10 bits per heavy atom. The second-order valence-corrected chi connectivity index (χ2v) is 5.69. The van der Waals surface area contributed by atoms with Crippen molar-refractivity contribution in [3.63, 3.8) is 0 Å². The third kappa shape index (κ3) is 3.42. The van der Waals surface area contributed by atoms with Gasteiger partial charge in [-0.1, -0.05) is 28.1 Å². The molecule has 0 spiro atoms. The van der Waals surface area contributed by atoms with Crippen LogP contribution < -0.4 is 5.32 Å². The monoisotopic (exact) mass is 333 g/mol. The maximum Gasteiger partial charge on any atom is 0.131 e. The highest BCUT2D eigenvalue weighted by Crippen LogP contribution is 2.21. The Labute approximate surface area is 126 Å². The quantitative estimate of drug-likeness (QED) is 0.937. The lowest BCUT2D eigenvalue weighted by Gasteiger charge is -2.22. The van der Waals surface area contributed by atoms with Crippen molar-refractivity contribution in [3.8, 4) is 11.3 Å². The summed E-state index contributed by atoms with van der Waals surface area (Å²) >= 11 is 3.49. The first kappa shape index (κ1) is 13.7. The van der Waals surface area contributed by atoms with Crippen molar-refractivity contribution in [2.75, 3.05) is 19.7 Å². The molecule has 20 heavy (non-hydrogen) atoms. The lowest BCUT2D eigenvalue weighted by Crippen LogP contribution is -2.39. The van der Waals surface area contributed by atoms with E-state index in [4.69, 9.17) is 4.74 Å². The number of morpholine rings is 1. The summed E-state index contributed by atoms with van der Waals surface area (Å²) in [6.07, 6.45) is 2.73. The zero-order valence-electron chi connectivity index (χ0n) is 11.1. The third-order valence-electron chi connectivity index (χ3n) is 3.24. The van der Waals surface area contributed by atoms with Gasteiger partial charge in [-0.05, 0) is 18.2 Å². The molecule has 1 aromatic heterocycles. The highest BCUT2D eigenvalue weighted by Gasteiger charge is 2.15. The number of ether oxygens (including phenoxy) is 1. The van der Waals surface area contributed by atoms with Gasteiger partial charge in [-0.15, -0.1) is 0 Å². The average Bonchev–Trinajstić information content (AvgIpc) is 2.49. The first-order valence-electron chi connectivity index (χ1n) is 6.71. The highest BCUT2D eigenvalue weighted by molar-refractivity contribution is 9.10. The molecule has 0 saturated carbocycles. The van der Waals surface area contributed by atoms with Gasteiger partial charge in [0, 0.05) is 35.7 Å². The van der Waals surface area contributed by atoms with E-state index in [1.54, 1.807) is 0 Å². The van der Waals surface area contributed by atoms with Gasteiger partial charge in [0.15, 0.2) is 0 Å². The van der Waals surface area contributed by atoms with Crippen LogP contribution in [0.5, 0.6) is 0 Å². The predicted octanol–water partition coefficient (Wildman–Crippen LogP) is 2.44. The first-order valence-corrected chi connectivity index (χ1v) is 7.51. The van der Waals surface area contributed by atoms with Gasteiger partial charge in [0.05, 0.1) is 18.4 Å². The molecule has 2 heterocycles. The Morgan fingerprint density at radius 2 is 2.30 bits per heavy atom. The van der Waals surface area contributed by atoms with E-state index < -0.39 is 0 Å². The van der Waals surface area contributed by atoms with Crippen LogP contribution in [0.3, 0.4) is 0 Å². The minimum absolute atomic E-state index is 0.168. The van der Waals surface area contributed by atoms with Crippen molar-refractivity contribution >= 4 is 15.9 Å². The maximum atomic E-state index is 5.70. The van der Waals surface area contributed by atoms with E-state index in [0.29, 0.717) is 0 Å². The van der Waals surface area contributed by atoms with Crippen molar-refractivity contribution < 1.29 is 4.74 Å². The summed E-state index contributed by atoms with van der Waals surface area (Å²) < 4.78 is 6.75. The van der Waals surface area contributed by atoms with Gasteiger partial charge in [0.2, 0.25) is 0 Å². The summed E-state index contributed by atoms with van der Waals surface area (Å²) in [5.74, 6) is 0.830. The van der Waals surface area contributed by atoms with Gasteiger partial charge in [-0.3, -0.25) is 0 Å². The molecule has 5 heteroatoms. The molecule has 1 aromatic carbocycles. The molecule has 1 atom stereocenters. The van der Waals surface area contributed by atoms with Gasteiger partial charge in [0.25, 0.3) is 0 Å². The minimum Gasteiger partial charge on any atom is -0.375 e. The molecular weight excluding hydrogens is 318 g/mol. The topological polar surface area (TPSA) is 47.0 Å². The van der Waals surface area contributed by atoms with E-state index >= 15 is 0 Å². The number of rotatable bonds is 3. The van der Waals surface area contributed by atoms with Crippen LogP contribution in [0.15, 0.2) is 41.0 Å². The maximum absolute atomic E-state index is 5.70. The summed E-state index contributed by atoms with van der Waals surface area (Å²) in [4.78, 5) is 8.99. The van der Waals surface area contributed by atoms with Crippen molar-refractivity contribution in [1.29, 1.82) is 0 Å². The van der Waals surface area contributed by atoms with Crippen LogP contribution >= 0.6 is 15.9 Å². The van der Waals surface area contributed by atoms with E-state index in [1.165, 1.54) is 0 Å². The number of hydrogen-bond donors (Lipinski definition) is 1. The molecule has 1 aliphatic heterocycles. The summed E-state index contributed by atoms with van der Waals surface area (Å²) in [7, 11) is 0. The molecule has 1 unspecified atom stereocenters. The standard InChI is InChI=1S/C15H16BrN3O/c16-12-3-1-2-11(8-12)14-4-5-18-15(19-14)9-13-10-17-6-7-20-13/h1-5,8,13,17H,6-7,9-10H2. The van der Waals surface area contributed by atoms with Crippen LogP contribution in [-0.2, 0) is 11.2 Å². The van der Waals surface area contributed by atoms with Crippen LogP contribution in [0.2, 0.25) is 0 Å². The molecule has 4 nitrogen and oxygen atoms in total. The Kier molecular flexibility index (Phi) is 4.40. The smallest absolute Gasteiger partial charge is 0.131 e. The molecule has 3 rings (SSSR count). The molecule has 2 aromatic rings. The van der Waals surface area contributed by atoms with Gasteiger partial charge in [-0.2, -0.15) is 0 Å². The predicted molar refractivity (Wildman–Crippen MR) is 81.5 cm³/mol. The van der Waals surface area contributed by atoms with E-state index in [-0.39, 0.29) is 6.10 Å². The number of aromatic nitrogens is 2. The van der Waals surface area contributed by atoms with Crippen LogP contribution in [0.1, 0.15) is 5.82 Å². The first-order chi connectivity index (χ1) is 9.81. The lowest BCUT2D eigenvalue weighted by molar-refractivity contribution is 0.0280. The van der Waals surface area contributed by atoms with Crippen molar-refractivity contribution in [2.45, 2.75) is 12.5 Å². The molecule has 0 aliphatic carbocycles. The molecule has 0 bridgehead atoms. The van der Waals surface area contributed by atoms with Crippen molar-refractivity contribution in [2.24, 2.45) is 0 Å². The fourth-order valence-electron chi connectivity index (χ4n) is 2.26. The van der Waals surface area contributed by atoms with Crippen LogP contribution in [-0.4, -0.2) is 35.8 Å². The molecule has 104 valence electrons. The third-order valence-corrected chi connectivity index (χ3v) is 3.73. The summed E-state index contributed by atoms with van der Waals surface area (Å²) in [5.41, 5.74) is 2.03. The Balaban J connectivity index is 1.78. The zero-order chi connectivity index (χ0) is 13.8. The normalized spacial score (nSPS) is 18.9. The van der Waals surface area contributed by atoms with Gasteiger partial charge in [-0.25, -0.2) is 9.97 Å². The van der Waals surface area contributed by atoms with Gasteiger partial charge in [0.1, 0.15) is 5.82 Å². The summed E-state index contributed by atoms with van der Waals surface area (Å²) in [6.45, 7) is 2.55. The number of nitrogens with zero attached hydrogens (tertiary/aromatic N) is 2. The van der Waals surface area contributed by atoms with Crippen molar-refractivity contribution in [1.82, 2.24) is 15.3 Å². The molecular formula is C15H16BrN3O. The highest BCUT2D eigenvalue weighted by atomic mass is 79.9. The fraction of sp³-hybridized carbons (Fsp3) is 0.333. The lowest BCUT2D eigenvalue weighted by atomic mass is 10.1. The van der Waals surface area contributed by atoms with E-state index in [2.05, 4.69) is 43.3 Å². The number of hydrogen-bond acceptors (Lipinski definition) is 4. The average molecular weight is 334 g/mol. The van der Waals surface area contributed by atoms with E-state index in [1.807, 2.05) is 24.4 Å². The number of benzene rings is 1. The van der Waals surface area contributed by atoms with Crippen molar-refractivity contribution in [3.05, 3.63) is 46.8 Å². The van der Waals surface area contributed by atoms with Gasteiger partial charge < -0.3 is 10.1 Å². The molecule has 0 amide bonds. The number of nitrogens with one attached hydrogen (secondary N) is 1. The minimum atomic E-state index is 0.168. The molecule has 1 aliphatic rings. The fourth-order valence-corrected chi connectivity index (χ4v) is 2.66. The Bertz CT molecular complexity index is 585. The van der Waals surface area contributed by atoms with E-state index in [0.717, 1.165) is 47.7 Å². The Hall–Kier alpha value is -1.30. The van der Waals surface area contributed by atoms with Crippen LogP contribution in [0.25, 0.3) is 11.3 Å². The largest absolute Gasteiger partial charge is 0.375 e.